The molecule has 21 heavy (non-hydrogen) atoms. The van der Waals surface area contributed by atoms with Gasteiger partial charge in [-0.3, -0.25) is 4.98 Å². The van der Waals surface area contributed by atoms with Gasteiger partial charge in [0.1, 0.15) is 5.56 Å². The van der Waals surface area contributed by atoms with Crippen molar-refractivity contribution < 1.29 is 9.53 Å². The second kappa shape index (κ2) is 6.57. The number of benzene rings is 1. The van der Waals surface area contributed by atoms with Crippen molar-refractivity contribution in [2.75, 3.05) is 18.5 Å². The number of ether oxygens (including phenoxy) is 1. The third-order valence-corrected chi connectivity index (χ3v) is 3.36. The summed E-state index contributed by atoms with van der Waals surface area (Å²) in [5, 5.41) is 4.36. The van der Waals surface area contributed by atoms with Gasteiger partial charge in [-0.15, -0.1) is 0 Å². The highest BCUT2D eigenvalue weighted by molar-refractivity contribution is 6.06. The Bertz CT molecular complexity index is 665. The molecule has 0 unspecified atom stereocenters. The Morgan fingerprint density at radius 1 is 1.29 bits per heavy atom. The molecule has 1 heterocycles. The standard InChI is InChI=1S/C17H22N2O2/c1-5-7-18-16-13(17(20)21-6-2)10-19-14-9-11(3)8-12(4)15(14)16/h8-10H,5-7H2,1-4H3,(H,18,19). The molecule has 0 saturated heterocycles. The lowest BCUT2D eigenvalue weighted by Gasteiger charge is -2.15. The average molecular weight is 286 g/mol. The van der Waals surface area contributed by atoms with E-state index in [-0.39, 0.29) is 5.97 Å². The Kier molecular flexibility index (Phi) is 4.78. The van der Waals surface area contributed by atoms with Crippen molar-refractivity contribution in [1.82, 2.24) is 4.98 Å². The molecule has 1 N–H and O–H groups in total. The molecule has 0 bridgehead atoms. The minimum atomic E-state index is -0.328. The van der Waals surface area contributed by atoms with Crippen LogP contribution in [0.3, 0.4) is 0 Å². The van der Waals surface area contributed by atoms with E-state index in [9.17, 15) is 4.79 Å². The van der Waals surface area contributed by atoms with Crippen molar-refractivity contribution in [2.24, 2.45) is 0 Å². The minimum absolute atomic E-state index is 0.328. The fraction of sp³-hybridized carbons (Fsp3) is 0.412. The summed E-state index contributed by atoms with van der Waals surface area (Å²) in [5.41, 5.74) is 4.52. The van der Waals surface area contributed by atoms with Crippen LogP contribution in [-0.4, -0.2) is 24.1 Å². The Balaban J connectivity index is 2.66. The second-order valence-electron chi connectivity index (χ2n) is 5.17. The van der Waals surface area contributed by atoms with Crippen molar-refractivity contribution >= 4 is 22.6 Å². The van der Waals surface area contributed by atoms with Crippen LogP contribution >= 0.6 is 0 Å². The summed E-state index contributed by atoms with van der Waals surface area (Å²) < 4.78 is 5.14. The molecule has 0 aliphatic rings. The molecule has 4 nitrogen and oxygen atoms in total. The van der Waals surface area contributed by atoms with Gasteiger partial charge in [-0.05, 0) is 44.4 Å². The Morgan fingerprint density at radius 2 is 2.05 bits per heavy atom. The zero-order valence-electron chi connectivity index (χ0n) is 13.1. The van der Waals surface area contributed by atoms with Crippen LogP contribution in [0, 0.1) is 13.8 Å². The quantitative estimate of drug-likeness (QED) is 0.848. The maximum absolute atomic E-state index is 12.1. The number of nitrogens with one attached hydrogen (secondary N) is 1. The van der Waals surface area contributed by atoms with E-state index in [4.69, 9.17) is 4.74 Å². The fourth-order valence-electron chi connectivity index (χ4n) is 2.50. The van der Waals surface area contributed by atoms with Gasteiger partial charge in [0.2, 0.25) is 0 Å². The van der Waals surface area contributed by atoms with E-state index in [0.717, 1.165) is 40.7 Å². The van der Waals surface area contributed by atoms with Crippen LogP contribution in [0.2, 0.25) is 0 Å². The van der Waals surface area contributed by atoms with Gasteiger partial charge in [-0.2, -0.15) is 0 Å². The van der Waals surface area contributed by atoms with Gasteiger partial charge in [-0.1, -0.05) is 13.0 Å². The molecule has 0 aliphatic carbocycles. The molecular weight excluding hydrogens is 264 g/mol. The molecule has 2 aromatic rings. The molecule has 1 aromatic carbocycles. The van der Waals surface area contributed by atoms with Crippen LogP contribution in [0.4, 0.5) is 5.69 Å². The first kappa shape index (κ1) is 15.3. The molecule has 0 saturated carbocycles. The third kappa shape index (κ3) is 3.15. The van der Waals surface area contributed by atoms with E-state index in [1.807, 2.05) is 19.9 Å². The lowest BCUT2D eigenvalue weighted by Crippen LogP contribution is -2.12. The average Bonchev–Trinajstić information content (AvgIpc) is 2.44. The molecule has 0 amide bonds. The SMILES string of the molecule is CCCNc1c(C(=O)OCC)cnc2cc(C)cc(C)c12. The number of hydrogen-bond acceptors (Lipinski definition) is 4. The van der Waals surface area contributed by atoms with Gasteiger partial charge in [0, 0.05) is 18.1 Å². The van der Waals surface area contributed by atoms with Crippen molar-refractivity contribution in [3.05, 3.63) is 35.0 Å². The van der Waals surface area contributed by atoms with Gasteiger partial charge in [-0.25, -0.2) is 4.79 Å². The molecule has 0 fully saturated rings. The first-order valence-corrected chi connectivity index (χ1v) is 7.39. The monoisotopic (exact) mass is 286 g/mol. The Labute approximate surface area is 125 Å². The summed E-state index contributed by atoms with van der Waals surface area (Å²) in [6.45, 7) is 9.16. The van der Waals surface area contributed by atoms with Crippen LogP contribution in [0.5, 0.6) is 0 Å². The van der Waals surface area contributed by atoms with E-state index in [2.05, 4.69) is 23.3 Å². The number of aryl methyl sites for hydroxylation is 2. The highest BCUT2D eigenvalue weighted by atomic mass is 16.5. The summed E-state index contributed by atoms with van der Waals surface area (Å²) in [7, 11) is 0. The van der Waals surface area contributed by atoms with Gasteiger partial charge >= 0.3 is 5.97 Å². The highest BCUT2D eigenvalue weighted by Crippen LogP contribution is 2.30. The Morgan fingerprint density at radius 3 is 2.71 bits per heavy atom. The molecule has 0 spiro atoms. The molecule has 2 rings (SSSR count). The number of fused-ring (bicyclic) bond motifs is 1. The molecule has 0 aliphatic heterocycles. The van der Waals surface area contributed by atoms with Crippen molar-refractivity contribution in [1.29, 1.82) is 0 Å². The van der Waals surface area contributed by atoms with Gasteiger partial charge in [0.25, 0.3) is 0 Å². The van der Waals surface area contributed by atoms with Crippen LogP contribution in [0.15, 0.2) is 18.3 Å². The van der Waals surface area contributed by atoms with Gasteiger partial charge in [0.15, 0.2) is 0 Å². The zero-order valence-corrected chi connectivity index (χ0v) is 13.1. The number of anilines is 1. The largest absolute Gasteiger partial charge is 0.462 e. The summed E-state index contributed by atoms with van der Waals surface area (Å²) in [5.74, 6) is -0.328. The fourth-order valence-corrected chi connectivity index (χ4v) is 2.50. The number of pyridine rings is 1. The summed E-state index contributed by atoms with van der Waals surface area (Å²) >= 11 is 0. The maximum Gasteiger partial charge on any atom is 0.341 e. The predicted molar refractivity (Wildman–Crippen MR) is 86.0 cm³/mol. The van der Waals surface area contributed by atoms with Crippen LogP contribution in [0.1, 0.15) is 41.8 Å². The first-order valence-electron chi connectivity index (χ1n) is 7.39. The number of carbonyl (C=O) groups excluding carboxylic acids is 1. The number of nitrogens with zero attached hydrogens (tertiary/aromatic N) is 1. The van der Waals surface area contributed by atoms with Crippen LogP contribution in [-0.2, 0) is 4.74 Å². The van der Waals surface area contributed by atoms with Crippen molar-refractivity contribution in [3.8, 4) is 0 Å². The zero-order chi connectivity index (χ0) is 15.4. The smallest absolute Gasteiger partial charge is 0.341 e. The molecule has 0 atom stereocenters. The normalized spacial score (nSPS) is 10.7. The minimum Gasteiger partial charge on any atom is -0.462 e. The topological polar surface area (TPSA) is 51.2 Å². The lowest BCUT2D eigenvalue weighted by molar-refractivity contribution is 0.0527. The highest BCUT2D eigenvalue weighted by Gasteiger charge is 2.17. The second-order valence-corrected chi connectivity index (χ2v) is 5.17. The predicted octanol–water partition coefficient (Wildman–Crippen LogP) is 3.85. The number of rotatable bonds is 5. The van der Waals surface area contributed by atoms with Crippen molar-refractivity contribution in [3.63, 3.8) is 0 Å². The van der Waals surface area contributed by atoms with Gasteiger partial charge in [0.05, 0.1) is 17.8 Å². The Hall–Kier alpha value is -2.10. The molecule has 4 heteroatoms. The molecule has 0 radical (unpaired) electrons. The van der Waals surface area contributed by atoms with Crippen LogP contribution < -0.4 is 5.32 Å². The van der Waals surface area contributed by atoms with E-state index >= 15 is 0 Å². The third-order valence-electron chi connectivity index (χ3n) is 3.36. The van der Waals surface area contributed by atoms with E-state index in [1.165, 1.54) is 0 Å². The number of carbonyl (C=O) groups is 1. The summed E-state index contributed by atoms with van der Waals surface area (Å²) in [4.78, 5) is 16.6. The maximum atomic E-state index is 12.1. The number of aromatic nitrogens is 1. The summed E-state index contributed by atoms with van der Waals surface area (Å²) in [6, 6.07) is 4.14. The number of hydrogen-bond donors (Lipinski definition) is 1. The van der Waals surface area contributed by atoms with E-state index < -0.39 is 0 Å². The first-order chi connectivity index (χ1) is 10.1. The molecule has 1 aromatic heterocycles. The van der Waals surface area contributed by atoms with Gasteiger partial charge < -0.3 is 10.1 Å². The lowest BCUT2D eigenvalue weighted by atomic mass is 10.0. The molecule has 112 valence electrons. The molecular formula is C17H22N2O2. The summed E-state index contributed by atoms with van der Waals surface area (Å²) in [6.07, 6.45) is 2.59. The van der Waals surface area contributed by atoms with Crippen molar-refractivity contribution in [2.45, 2.75) is 34.1 Å². The van der Waals surface area contributed by atoms with Crippen LogP contribution in [0.25, 0.3) is 10.9 Å². The van der Waals surface area contributed by atoms with E-state index in [0.29, 0.717) is 12.2 Å². The van der Waals surface area contributed by atoms with E-state index in [1.54, 1.807) is 13.1 Å². The number of esters is 1.